The first-order chi connectivity index (χ1) is 10.0. The van der Waals surface area contributed by atoms with Crippen LogP contribution in [0, 0.1) is 5.82 Å². The summed E-state index contributed by atoms with van der Waals surface area (Å²) in [6.45, 7) is 0.265. The molecule has 0 spiro atoms. The number of hydrogen-bond acceptors (Lipinski definition) is 5. The van der Waals surface area contributed by atoms with E-state index in [2.05, 4.69) is 5.16 Å². The first-order valence-electron chi connectivity index (χ1n) is 6.18. The highest BCUT2D eigenvalue weighted by Crippen LogP contribution is 2.26. The van der Waals surface area contributed by atoms with Crippen LogP contribution >= 0.6 is 0 Å². The minimum Gasteiger partial charge on any atom is -0.494 e. The molecular weight excluding hydrogens is 279 g/mol. The SMILES string of the molecule is COc1ccc([C@@H](C(=O)O)N(C)Cc2ccon2)cc1F. The number of benzene rings is 1. The Bertz CT molecular complexity index is 615. The number of carboxylic acids is 1. The topological polar surface area (TPSA) is 75.8 Å². The predicted octanol–water partition coefficient (Wildman–Crippen LogP) is 2.08. The van der Waals surface area contributed by atoms with Gasteiger partial charge in [0.25, 0.3) is 0 Å². The summed E-state index contributed by atoms with van der Waals surface area (Å²) in [5, 5.41) is 13.1. The summed E-state index contributed by atoms with van der Waals surface area (Å²) in [6, 6.07) is 4.74. The number of likely N-dealkylation sites (N-methyl/N-ethyl adjacent to an activating group) is 1. The second-order valence-electron chi connectivity index (χ2n) is 4.54. The second-order valence-corrected chi connectivity index (χ2v) is 4.54. The number of ether oxygens (including phenoxy) is 1. The van der Waals surface area contributed by atoms with Crippen molar-refractivity contribution in [3.63, 3.8) is 0 Å². The molecule has 0 fully saturated rings. The van der Waals surface area contributed by atoms with E-state index in [1.54, 1.807) is 18.0 Å². The lowest BCUT2D eigenvalue weighted by molar-refractivity contribution is -0.143. The molecular formula is C14H15FN2O4. The molecule has 0 aliphatic carbocycles. The lowest BCUT2D eigenvalue weighted by Gasteiger charge is -2.24. The van der Waals surface area contributed by atoms with Gasteiger partial charge in [0.15, 0.2) is 11.6 Å². The molecule has 7 heteroatoms. The highest BCUT2D eigenvalue weighted by Gasteiger charge is 2.26. The van der Waals surface area contributed by atoms with Crippen molar-refractivity contribution < 1.29 is 23.6 Å². The third-order valence-corrected chi connectivity index (χ3v) is 3.07. The van der Waals surface area contributed by atoms with Gasteiger partial charge in [0, 0.05) is 12.6 Å². The van der Waals surface area contributed by atoms with Gasteiger partial charge in [-0.25, -0.2) is 4.39 Å². The molecule has 0 unspecified atom stereocenters. The summed E-state index contributed by atoms with van der Waals surface area (Å²) >= 11 is 0. The minimum absolute atomic E-state index is 0.0713. The van der Waals surface area contributed by atoms with Crippen LogP contribution in [0.4, 0.5) is 4.39 Å². The van der Waals surface area contributed by atoms with Crippen LogP contribution in [0.25, 0.3) is 0 Å². The van der Waals surface area contributed by atoms with Crippen molar-refractivity contribution in [2.24, 2.45) is 0 Å². The Hall–Kier alpha value is -2.41. The fourth-order valence-corrected chi connectivity index (χ4v) is 2.10. The molecule has 1 heterocycles. The van der Waals surface area contributed by atoms with Gasteiger partial charge < -0.3 is 14.4 Å². The van der Waals surface area contributed by atoms with Crippen molar-refractivity contribution in [2.45, 2.75) is 12.6 Å². The molecule has 0 aliphatic rings. The maximum Gasteiger partial charge on any atom is 0.325 e. The average molecular weight is 294 g/mol. The molecule has 1 aromatic heterocycles. The van der Waals surface area contributed by atoms with E-state index < -0.39 is 17.8 Å². The van der Waals surface area contributed by atoms with Gasteiger partial charge in [-0.3, -0.25) is 9.69 Å². The molecule has 1 N–H and O–H groups in total. The molecule has 0 radical (unpaired) electrons. The number of halogens is 1. The lowest BCUT2D eigenvalue weighted by Crippen LogP contribution is -2.30. The number of aliphatic carboxylic acids is 1. The lowest BCUT2D eigenvalue weighted by atomic mass is 10.0. The quantitative estimate of drug-likeness (QED) is 0.879. The summed E-state index contributed by atoms with van der Waals surface area (Å²) in [5.41, 5.74) is 0.921. The van der Waals surface area contributed by atoms with Gasteiger partial charge in [-0.2, -0.15) is 0 Å². The molecule has 0 amide bonds. The van der Waals surface area contributed by atoms with Gasteiger partial charge in [0.05, 0.1) is 12.8 Å². The molecule has 0 aliphatic heterocycles. The number of hydrogen-bond donors (Lipinski definition) is 1. The molecule has 0 saturated heterocycles. The van der Waals surface area contributed by atoms with E-state index in [0.717, 1.165) is 6.07 Å². The first kappa shape index (κ1) is 15.0. The van der Waals surface area contributed by atoms with E-state index in [0.29, 0.717) is 11.3 Å². The third-order valence-electron chi connectivity index (χ3n) is 3.07. The first-order valence-corrected chi connectivity index (χ1v) is 6.18. The molecule has 2 rings (SSSR count). The Kier molecular flexibility index (Phi) is 4.54. The summed E-state index contributed by atoms with van der Waals surface area (Å²) in [7, 11) is 2.97. The summed E-state index contributed by atoms with van der Waals surface area (Å²) in [6.07, 6.45) is 1.41. The van der Waals surface area contributed by atoms with Crippen LogP contribution in [0.2, 0.25) is 0 Å². The van der Waals surface area contributed by atoms with E-state index >= 15 is 0 Å². The fraction of sp³-hybridized carbons (Fsp3) is 0.286. The van der Waals surface area contributed by atoms with Crippen LogP contribution in [0.1, 0.15) is 17.3 Å². The number of nitrogens with zero attached hydrogens (tertiary/aromatic N) is 2. The van der Waals surface area contributed by atoms with Crippen LogP contribution < -0.4 is 4.74 Å². The monoisotopic (exact) mass is 294 g/mol. The summed E-state index contributed by atoms with van der Waals surface area (Å²) in [4.78, 5) is 13.0. The summed E-state index contributed by atoms with van der Waals surface area (Å²) in [5.74, 6) is -1.61. The number of carbonyl (C=O) groups is 1. The van der Waals surface area contributed by atoms with Crippen LogP contribution in [-0.4, -0.2) is 35.3 Å². The zero-order valence-electron chi connectivity index (χ0n) is 11.6. The Morgan fingerprint density at radius 3 is 2.81 bits per heavy atom. The molecule has 2 aromatic rings. The molecule has 112 valence electrons. The van der Waals surface area contributed by atoms with Crippen molar-refractivity contribution in [1.82, 2.24) is 10.1 Å². The minimum atomic E-state index is -1.08. The van der Waals surface area contributed by atoms with Crippen LogP contribution in [0.3, 0.4) is 0 Å². The zero-order chi connectivity index (χ0) is 15.4. The van der Waals surface area contributed by atoms with Crippen LogP contribution in [0.15, 0.2) is 35.1 Å². The van der Waals surface area contributed by atoms with E-state index in [1.807, 2.05) is 0 Å². The van der Waals surface area contributed by atoms with Gasteiger partial charge in [-0.15, -0.1) is 0 Å². The molecule has 6 nitrogen and oxygen atoms in total. The largest absolute Gasteiger partial charge is 0.494 e. The Labute approximate surface area is 120 Å². The Morgan fingerprint density at radius 1 is 1.52 bits per heavy atom. The highest BCUT2D eigenvalue weighted by molar-refractivity contribution is 5.75. The highest BCUT2D eigenvalue weighted by atomic mass is 19.1. The van der Waals surface area contributed by atoms with Gasteiger partial charge in [-0.1, -0.05) is 11.2 Å². The molecule has 0 saturated carbocycles. The normalized spacial score (nSPS) is 12.4. The Balaban J connectivity index is 2.26. The van der Waals surface area contributed by atoms with Crippen LogP contribution in [-0.2, 0) is 11.3 Å². The molecule has 0 bridgehead atoms. The third kappa shape index (κ3) is 3.38. The van der Waals surface area contributed by atoms with Crippen molar-refractivity contribution in [3.05, 3.63) is 47.6 Å². The van der Waals surface area contributed by atoms with Crippen molar-refractivity contribution in [2.75, 3.05) is 14.2 Å². The van der Waals surface area contributed by atoms with Crippen LogP contribution in [0.5, 0.6) is 5.75 Å². The number of carboxylic acid groups (broad SMARTS) is 1. The van der Waals surface area contributed by atoms with Crippen molar-refractivity contribution in [1.29, 1.82) is 0 Å². The summed E-state index contributed by atoms with van der Waals surface area (Å²) < 4.78 is 23.3. The van der Waals surface area contributed by atoms with Gasteiger partial charge in [0.1, 0.15) is 12.3 Å². The number of rotatable bonds is 6. The van der Waals surface area contributed by atoms with E-state index in [1.165, 1.54) is 25.5 Å². The smallest absolute Gasteiger partial charge is 0.325 e. The van der Waals surface area contributed by atoms with Crippen molar-refractivity contribution >= 4 is 5.97 Å². The standard InChI is InChI=1S/C14H15FN2O4/c1-17(8-10-5-6-21-16-10)13(14(18)19)9-3-4-12(20-2)11(15)7-9/h3-7,13H,8H2,1-2H3,(H,18,19)/t13-/m0/s1. The zero-order valence-corrected chi connectivity index (χ0v) is 11.6. The number of aromatic nitrogens is 1. The van der Waals surface area contributed by atoms with E-state index in [9.17, 15) is 14.3 Å². The number of methoxy groups -OCH3 is 1. The predicted molar refractivity (Wildman–Crippen MR) is 71.3 cm³/mol. The fourth-order valence-electron chi connectivity index (χ4n) is 2.10. The van der Waals surface area contributed by atoms with Gasteiger partial charge in [0.2, 0.25) is 0 Å². The maximum absolute atomic E-state index is 13.8. The average Bonchev–Trinajstić information content (AvgIpc) is 2.91. The second kappa shape index (κ2) is 6.36. The molecule has 21 heavy (non-hydrogen) atoms. The van der Waals surface area contributed by atoms with Crippen molar-refractivity contribution in [3.8, 4) is 5.75 Å². The van der Waals surface area contributed by atoms with Gasteiger partial charge >= 0.3 is 5.97 Å². The maximum atomic E-state index is 13.8. The van der Waals surface area contributed by atoms with Gasteiger partial charge in [-0.05, 0) is 24.7 Å². The molecule has 1 aromatic carbocycles. The Morgan fingerprint density at radius 2 is 2.29 bits per heavy atom. The van der Waals surface area contributed by atoms with E-state index in [-0.39, 0.29) is 12.3 Å². The molecule has 1 atom stereocenters. The van der Waals surface area contributed by atoms with E-state index in [4.69, 9.17) is 9.26 Å².